The number of carbonyl (C=O) groups is 1. The van der Waals surface area contributed by atoms with Gasteiger partial charge in [-0.05, 0) is 30.7 Å². The molecule has 0 fully saturated rings. The van der Waals surface area contributed by atoms with Gasteiger partial charge in [0.25, 0.3) is 5.91 Å². The number of amides is 1. The molecule has 1 aromatic heterocycles. The lowest BCUT2D eigenvalue weighted by molar-refractivity contribution is 0.103. The molecule has 1 aromatic carbocycles. The van der Waals surface area contributed by atoms with Crippen molar-refractivity contribution in [1.29, 1.82) is 0 Å². The molecule has 94 valence electrons. The van der Waals surface area contributed by atoms with E-state index < -0.39 is 0 Å². The van der Waals surface area contributed by atoms with Gasteiger partial charge >= 0.3 is 0 Å². The first kappa shape index (κ1) is 13.1. The molecule has 2 rings (SSSR count). The van der Waals surface area contributed by atoms with Crippen LogP contribution in [0.25, 0.3) is 0 Å². The van der Waals surface area contributed by atoms with Crippen LogP contribution in [-0.4, -0.2) is 13.0 Å². The Hall–Kier alpha value is -1.33. The molecule has 0 aliphatic carbocycles. The molecule has 18 heavy (non-hydrogen) atoms. The summed E-state index contributed by atoms with van der Waals surface area (Å²) in [6.45, 7) is 1.98. The highest BCUT2D eigenvalue weighted by Gasteiger charge is 2.10. The van der Waals surface area contributed by atoms with Crippen LogP contribution in [0.2, 0.25) is 0 Å². The number of hydrogen-bond acceptors (Lipinski definition) is 3. The number of benzene rings is 1. The van der Waals surface area contributed by atoms with Crippen LogP contribution in [0.1, 0.15) is 15.2 Å². The predicted molar refractivity (Wildman–Crippen MR) is 77.7 cm³/mol. The van der Waals surface area contributed by atoms with Crippen molar-refractivity contribution in [3.63, 3.8) is 0 Å². The van der Waals surface area contributed by atoms with Crippen LogP contribution in [0.4, 0.5) is 5.69 Å². The van der Waals surface area contributed by atoms with Gasteiger partial charge in [0.2, 0.25) is 0 Å². The van der Waals surface area contributed by atoms with Gasteiger partial charge in [0.1, 0.15) is 5.75 Å². The lowest BCUT2D eigenvalue weighted by atomic mass is 10.2. The number of aryl methyl sites for hydroxylation is 1. The highest BCUT2D eigenvalue weighted by molar-refractivity contribution is 9.10. The van der Waals surface area contributed by atoms with Crippen molar-refractivity contribution in [2.24, 2.45) is 0 Å². The Kier molecular flexibility index (Phi) is 4.04. The van der Waals surface area contributed by atoms with Crippen molar-refractivity contribution < 1.29 is 9.53 Å². The normalized spacial score (nSPS) is 10.2. The third-order valence-electron chi connectivity index (χ3n) is 2.45. The Morgan fingerprint density at radius 1 is 1.39 bits per heavy atom. The molecule has 0 saturated carbocycles. The lowest BCUT2D eigenvalue weighted by Crippen LogP contribution is -2.10. The van der Waals surface area contributed by atoms with Gasteiger partial charge in [0.05, 0.1) is 12.0 Å². The molecule has 5 heteroatoms. The molecule has 0 aliphatic heterocycles. The molecule has 2 aromatic rings. The second kappa shape index (κ2) is 5.54. The number of halogens is 1. The fourth-order valence-electron chi connectivity index (χ4n) is 1.46. The van der Waals surface area contributed by atoms with Crippen LogP contribution in [0.15, 0.2) is 34.1 Å². The molecule has 0 radical (unpaired) electrons. The van der Waals surface area contributed by atoms with Crippen LogP contribution in [0, 0.1) is 6.92 Å². The SMILES string of the molecule is COc1csc(C(=O)Nc2ccc(Br)c(C)c2)c1. The van der Waals surface area contributed by atoms with Gasteiger partial charge in [-0.3, -0.25) is 4.79 Å². The van der Waals surface area contributed by atoms with Crippen molar-refractivity contribution in [2.75, 3.05) is 12.4 Å². The molecule has 0 spiro atoms. The van der Waals surface area contributed by atoms with E-state index in [0.29, 0.717) is 10.6 Å². The van der Waals surface area contributed by atoms with Crippen LogP contribution >= 0.6 is 27.3 Å². The molecule has 0 unspecified atom stereocenters. The van der Waals surface area contributed by atoms with Crippen LogP contribution in [0.3, 0.4) is 0 Å². The zero-order valence-corrected chi connectivity index (χ0v) is 12.4. The summed E-state index contributed by atoms with van der Waals surface area (Å²) in [7, 11) is 1.59. The quantitative estimate of drug-likeness (QED) is 0.923. The summed E-state index contributed by atoms with van der Waals surface area (Å²) in [5, 5.41) is 4.67. The monoisotopic (exact) mass is 325 g/mol. The minimum Gasteiger partial charge on any atom is -0.496 e. The van der Waals surface area contributed by atoms with Crippen LogP contribution in [0.5, 0.6) is 5.75 Å². The van der Waals surface area contributed by atoms with E-state index in [0.717, 1.165) is 15.7 Å². The summed E-state index contributed by atoms with van der Waals surface area (Å²) in [5.41, 5.74) is 1.87. The number of carbonyl (C=O) groups excluding carboxylic acids is 1. The van der Waals surface area contributed by atoms with E-state index >= 15 is 0 Å². The Balaban J connectivity index is 2.13. The zero-order valence-electron chi connectivity index (χ0n) is 9.99. The van der Waals surface area contributed by atoms with E-state index in [-0.39, 0.29) is 5.91 Å². The summed E-state index contributed by atoms with van der Waals surface area (Å²) < 4.78 is 6.08. The van der Waals surface area contributed by atoms with Gasteiger partial charge in [-0.1, -0.05) is 15.9 Å². The van der Waals surface area contributed by atoms with Crippen LogP contribution in [-0.2, 0) is 0 Å². The van der Waals surface area contributed by atoms with Crippen molar-refractivity contribution >= 4 is 38.9 Å². The summed E-state index contributed by atoms with van der Waals surface area (Å²) in [6.07, 6.45) is 0. The van der Waals surface area contributed by atoms with Gasteiger partial charge in [-0.15, -0.1) is 11.3 Å². The van der Waals surface area contributed by atoms with Crippen LogP contribution < -0.4 is 10.1 Å². The molecule has 0 bridgehead atoms. The van der Waals surface area contributed by atoms with Crippen molar-refractivity contribution in [2.45, 2.75) is 6.92 Å². The summed E-state index contributed by atoms with van der Waals surface area (Å²) in [4.78, 5) is 12.6. The number of methoxy groups -OCH3 is 1. The maximum atomic E-state index is 12.0. The van der Waals surface area contributed by atoms with Gasteiger partial charge in [-0.2, -0.15) is 0 Å². The number of nitrogens with one attached hydrogen (secondary N) is 1. The Morgan fingerprint density at radius 2 is 2.17 bits per heavy atom. The Morgan fingerprint density at radius 3 is 2.78 bits per heavy atom. The Bertz CT molecular complexity index is 580. The molecule has 0 aliphatic rings. The van der Waals surface area contributed by atoms with Crippen molar-refractivity contribution in [3.05, 3.63) is 44.6 Å². The maximum Gasteiger partial charge on any atom is 0.265 e. The number of ether oxygens (including phenoxy) is 1. The largest absolute Gasteiger partial charge is 0.496 e. The Labute approximate surface area is 118 Å². The van der Waals surface area contributed by atoms with Gasteiger partial charge in [-0.25, -0.2) is 0 Å². The van der Waals surface area contributed by atoms with E-state index in [2.05, 4.69) is 21.2 Å². The fourth-order valence-corrected chi connectivity index (χ4v) is 2.46. The second-order valence-electron chi connectivity index (χ2n) is 3.77. The summed E-state index contributed by atoms with van der Waals surface area (Å²) >= 11 is 4.79. The number of rotatable bonds is 3. The highest BCUT2D eigenvalue weighted by Crippen LogP contribution is 2.24. The molecule has 1 amide bonds. The first-order valence-corrected chi connectivity index (χ1v) is 6.97. The van der Waals surface area contributed by atoms with Gasteiger partial charge < -0.3 is 10.1 Å². The number of thiophene rings is 1. The van der Waals surface area contributed by atoms with E-state index in [1.165, 1.54) is 11.3 Å². The lowest BCUT2D eigenvalue weighted by Gasteiger charge is -2.05. The summed E-state index contributed by atoms with van der Waals surface area (Å²) in [5.74, 6) is 0.585. The molecular formula is C13H12BrNO2S. The van der Waals surface area contributed by atoms with Gasteiger partial charge in [0.15, 0.2) is 0 Å². The second-order valence-corrected chi connectivity index (χ2v) is 5.53. The fraction of sp³-hybridized carbons (Fsp3) is 0.154. The maximum absolute atomic E-state index is 12.0. The minimum atomic E-state index is -0.120. The first-order valence-electron chi connectivity index (χ1n) is 5.30. The third kappa shape index (κ3) is 2.91. The van der Waals surface area contributed by atoms with E-state index in [1.54, 1.807) is 13.2 Å². The van der Waals surface area contributed by atoms with E-state index in [1.807, 2.05) is 30.5 Å². The summed E-state index contributed by atoms with van der Waals surface area (Å²) in [6, 6.07) is 7.43. The minimum absolute atomic E-state index is 0.120. The van der Waals surface area contributed by atoms with E-state index in [9.17, 15) is 4.79 Å². The molecule has 1 N–H and O–H groups in total. The average molecular weight is 326 g/mol. The zero-order chi connectivity index (χ0) is 13.1. The van der Waals surface area contributed by atoms with Gasteiger partial charge in [0, 0.05) is 21.6 Å². The van der Waals surface area contributed by atoms with Crippen molar-refractivity contribution in [3.8, 4) is 5.75 Å². The molecule has 0 atom stereocenters. The smallest absolute Gasteiger partial charge is 0.265 e. The topological polar surface area (TPSA) is 38.3 Å². The van der Waals surface area contributed by atoms with E-state index in [4.69, 9.17) is 4.74 Å². The third-order valence-corrected chi connectivity index (χ3v) is 4.25. The predicted octanol–water partition coefficient (Wildman–Crippen LogP) is 4.08. The highest BCUT2D eigenvalue weighted by atomic mass is 79.9. The molecule has 1 heterocycles. The number of hydrogen-bond donors (Lipinski definition) is 1. The molecule has 3 nitrogen and oxygen atoms in total. The van der Waals surface area contributed by atoms with Crippen molar-refractivity contribution in [1.82, 2.24) is 0 Å². The molecule has 0 saturated heterocycles. The average Bonchev–Trinajstić information content (AvgIpc) is 2.82. The standard InChI is InChI=1S/C13H12BrNO2S/c1-8-5-9(3-4-11(8)14)15-13(16)12-6-10(17-2)7-18-12/h3-7H,1-2H3,(H,15,16). The first-order chi connectivity index (χ1) is 8.60. The number of anilines is 1. The molecular weight excluding hydrogens is 314 g/mol.